The molecule has 0 saturated heterocycles. The van der Waals surface area contributed by atoms with Gasteiger partial charge in [0.25, 0.3) is 0 Å². The van der Waals surface area contributed by atoms with E-state index in [-0.39, 0.29) is 0 Å². The Morgan fingerprint density at radius 3 is 2.44 bits per heavy atom. The first-order valence-corrected chi connectivity index (χ1v) is 7.34. The summed E-state index contributed by atoms with van der Waals surface area (Å²) in [5.41, 5.74) is 5.75. The van der Waals surface area contributed by atoms with Crippen LogP contribution in [0.1, 0.15) is 30.7 Å². The first-order chi connectivity index (χ1) is 8.74. The average Bonchev–Trinajstić information content (AvgIpc) is 2.84. The Morgan fingerprint density at radius 2 is 1.83 bits per heavy atom. The van der Waals surface area contributed by atoms with E-state index in [2.05, 4.69) is 53.8 Å². The molecule has 1 aromatic heterocycles. The SMILES string of the molecule is CC(C)Cc1ccc(CNCc2cscn2)cc1. The van der Waals surface area contributed by atoms with E-state index in [9.17, 15) is 0 Å². The largest absolute Gasteiger partial charge is 0.307 e. The Bertz CT molecular complexity index is 446. The van der Waals surface area contributed by atoms with Crippen molar-refractivity contribution in [1.29, 1.82) is 0 Å². The van der Waals surface area contributed by atoms with Crippen LogP contribution in [0.2, 0.25) is 0 Å². The van der Waals surface area contributed by atoms with Crippen LogP contribution < -0.4 is 5.32 Å². The van der Waals surface area contributed by atoms with Crippen molar-refractivity contribution in [2.75, 3.05) is 0 Å². The predicted molar refractivity (Wildman–Crippen MR) is 77.6 cm³/mol. The van der Waals surface area contributed by atoms with E-state index in [1.807, 2.05) is 5.51 Å². The van der Waals surface area contributed by atoms with Crippen LogP contribution in [0.3, 0.4) is 0 Å². The molecule has 2 nitrogen and oxygen atoms in total. The summed E-state index contributed by atoms with van der Waals surface area (Å²) in [4.78, 5) is 4.25. The maximum atomic E-state index is 4.25. The molecular formula is C15H20N2S. The van der Waals surface area contributed by atoms with E-state index < -0.39 is 0 Å². The number of nitrogens with one attached hydrogen (secondary N) is 1. The fourth-order valence-corrected chi connectivity index (χ4v) is 2.48. The summed E-state index contributed by atoms with van der Waals surface area (Å²) in [6, 6.07) is 8.90. The fraction of sp³-hybridized carbons (Fsp3) is 0.400. The Kier molecular flexibility index (Phi) is 4.90. The molecule has 0 spiro atoms. The van der Waals surface area contributed by atoms with E-state index in [1.54, 1.807) is 11.3 Å². The molecule has 1 aromatic carbocycles. The van der Waals surface area contributed by atoms with Gasteiger partial charge in [-0.25, -0.2) is 4.98 Å². The van der Waals surface area contributed by atoms with Gasteiger partial charge in [0.15, 0.2) is 0 Å². The standard InChI is InChI=1S/C15H20N2S/c1-12(2)7-13-3-5-14(6-4-13)8-16-9-15-10-18-11-17-15/h3-6,10-12,16H,7-9H2,1-2H3. The number of thiazole rings is 1. The second-order valence-electron chi connectivity index (χ2n) is 5.00. The van der Waals surface area contributed by atoms with Gasteiger partial charge in [-0.05, 0) is 23.5 Å². The third kappa shape index (κ3) is 4.24. The lowest BCUT2D eigenvalue weighted by molar-refractivity contribution is 0.646. The van der Waals surface area contributed by atoms with E-state index in [0.29, 0.717) is 0 Å². The lowest BCUT2D eigenvalue weighted by atomic mass is 10.0. The van der Waals surface area contributed by atoms with Crippen LogP contribution in [0.5, 0.6) is 0 Å². The summed E-state index contributed by atoms with van der Waals surface area (Å²) in [6.07, 6.45) is 1.16. The molecule has 0 fully saturated rings. The van der Waals surface area contributed by atoms with Crippen molar-refractivity contribution in [3.8, 4) is 0 Å². The number of nitrogens with zero attached hydrogens (tertiary/aromatic N) is 1. The van der Waals surface area contributed by atoms with Crippen LogP contribution in [0, 0.1) is 5.92 Å². The number of hydrogen-bond donors (Lipinski definition) is 1. The molecule has 1 heterocycles. The van der Waals surface area contributed by atoms with Crippen LogP contribution in [-0.4, -0.2) is 4.98 Å². The molecule has 1 N–H and O–H groups in total. The molecule has 3 heteroatoms. The van der Waals surface area contributed by atoms with E-state index in [0.717, 1.165) is 31.1 Å². The highest BCUT2D eigenvalue weighted by Gasteiger charge is 1.99. The lowest BCUT2D eigenvalue weighted by Crippen LogP contribution is -2.12. The first kappa shape index (κ1) is 13.2. The van der Waals surface area contributed by atoms with Crippen LogP contribution in [-0.2, 0) is 19.5 Å². The summed E-state index contributed by atoms with van der Waals surface area (Å²) >= 11 is 1.64. The summed E-state index contributed by atoms with van der Waals surface area (Å²) in [6.45, 7) is 6.25. The Balaban J connectivity index is 1.79. The number of benzene rings is 1. The molecule has 96 valence electrons. The second-order valence-corrected chi connectivity index (χ2v) is 5.72. The van der Waals surface area contributed by atoms with Crippen molar-refractivity contribution >= 4 is 11.3 Å². The van der Waals surface area contributed by atoms with Gasteiger partial charge in [0.2, 0.25) is 0 Å². The zero-order valence-electron chi connectivity index (χ0n) is 11.0. The number of hydrogen-bond acceptors (Lipinski definition) is 3. The van der Waals surface area contributed by atoms with Gasteiger partial charge < -0.3 is 5.32 Å². The minimum atomic E-state index is 0.721. The molecule has 0 atom stereocenters. The van der Waals surface area contributed by atoms with Gasteiger partial charge in [-0.15, -0.1) is 11.3 Å². The quantitative estimate of drug-likeness (QED) is 0.858. The molecule has 0 unspecified atom stereocenters. The van der Waals surface area contributed by atoms with E-state index >= 15 is 0 Å². The van der Waals surface area contributed by atoms with Gasteiger partial charge in [0.1, 0.15) is 0 Å². The van der Waals surface area contributed by atoms with Crippen molar-refractivity contribution in [2.24, 2.45) is 5.92 Å². The molecule has 0 bridgehead atoms. The highest BCUT2D eigenvalue weighted by Crippen LogP contribution is 2.10. The molecule has 0 amide bonds. The van der Waals surface area contributed by atoms with E-state index in [4.69, 9.17) is 0 Å². The summed E-state index contributed by atoms with van der Waals surface area (Å²) in [7, 11) is 0. The zero-order valence-corrected chi connectivity index (χ0v) is 11.8. The van der Waals surface area contributed by atoms with E-state index in [1.165, 1.54) is 11.1 Å². The van der Waals surface area contributed by atoms with Gasteiger partial charge in [-0.3, -0.25) is 0 Å². The smallest absolute Gasteiger partial charge is 0.0795 e. The van der Waals surface area contributed by atoms with Gasteiger partial charge >= 0.3 is 0 Å². The third-order valence-electron chi connectivity index (χ3n) is 2.79. The number of rotatable bonds is 6. The van der Waals surface area contributed by atoms with Crippen molar-refractivity contribution in [1.82, 2.24) is 10.3 Å². The van der Waals surface area contributed by atoms with Crippen LogP contribution in [0.25, 0.3) is 0 Å². The lowest BCUT2D eigenvalue weighted by Gasteiger charge is -2.07. The summed E-state index contributed by atoms with van der Waals surface area (Å²) < 4.78 is 0. The second kappa shape index (κ2) is 6.66. The average molecular weight is 260 g/mol. The third-order valence-corrected chi connectivity index (χ3v) is 3.42. The number of aromatic nitrogens is 1. The maximum absolute atomic E-state index is 4.25. The van der Waals surface area contributed by atoms with Crippen molar-refractivity contribution in [3.63, 3.8) is 0 Å². The van der Waals surface area contributed by atoms with Gasteiger partial charge in [-0.2, -0.15) is 0 Å². The summed E-state index contributed by atoms with van der Waals surface area (Å²) in [5.74, 6) is 0.721. The molecule has 2 rings (SSSR count). The zero-order chi connectivity index (χ0) is 12.8. The molecule has 0 radical (unpaired) electrons. The Labute approximate surface area is 113 Å². The molecule has 0 aliphatic heterocycles. The highest BCUT2D eigenvalue weighted by atomic mass is 32.1. The molecule has 0 aliphatic carbocycles. The maximum Gasteiger partial charge on any atom is 0.0795 e. The van der Waals surface area contributed by atoms with Crippen molar-refractivity contribution in [2.45, 2.75) is 33.4 Å². The minimum Gasteiger partial charge on any atom is -0.307 e. The first-order valence-electron chi connectivity index (χ1n) is 6.39. The minimum absolute atomic E-state index is 0.721. The normalized spacial score (nSPS) is 11.1. The molecule has 0 saturated carbocycles. The van der Waals surface area contributed by atoms with Gasteiger partial charge in [-0.1, -0.05) is 38.1 Å². The van der Waals surface area contributed by atoms with Gasteiger partial charge in [0, 0.05) is 18.5 Å². The molecule has 0 aliphatic rings. The van der Waals surface area contributed by atoms with Crippen LogP contribution in [0.15, 0.2) is 35.2 Å². The Hall–Kier alpha value is -1.19. The molecule has 18 heavy (non-hydrogen) atoms. The fourth-order valence-electron chi connectivity index (χ4n) is 1.92. The van der Waals surface area contributed by atoms with Crippen LogP contribution in [0.4, 0.5) is 0 Å². The predicted octanol–water partition coefficient (Wildman–Crippen LogP) is 3.63. The Morgan fingerprint density at radius 1 is 1.11 bits per heavy atom. The highest BCUT2D eigenvalue weighted by molar-refractivity contribution is 7.07. The van der Waals surface area contributed by atoms with Crippen LogP contribution >= 0.6 is 11.3 Å². The summed E-state index contributed by atoms with van der Waals surface area (Å²) in [5, 5.41) is 5.49. The van der Waals surface area contributed by atoms with Crippen molar-refractivity contribution in [3.05, 3.63) is 52.0 Å². The topological polar surface area (TPSA) is 24.9 Å². The van der Waals surface area contributed by atoms with Gasteiger partial charge in [0.05, 0.1) is 11.2 Å². The monoisotopic (exact) mass is 260 g/mol. The molecular weight excluding hydrogens is 240 g/mol. The van der Waals surface area contributed by atoms with Crippen molar-refractivity contribution < 1.29 is 0 Å². The molecule has 2 aromatic rings.